The number of hydrogen-bond donors (Lipinski definition) is 0. The van der Waals surface area contributed by atoms with E-state index in [4.69, 9.17) is 0 Å². The zero-order valence-corrected chi connectivity index (χ0v) is 16.6. The third-order valence-electron chi connectivity index (χ3n) is 5.44. The molecule has 4 rings (SSSR count). The average Bonchev–Trinajstić information content (AvgIpc) is 3.04. The summed E-state index contributed by atoms with van der Waals surface area (Å²) in [6, 6.07) is 12.2. The van der Waals surface area contributed by atoms with Crippen molar-refractivity contribution in [2.75, 3.05) is 42.6 Å². The van der Waals surface area contributed by atoms with Crippen molar-refractivity contribution in [1.82, 2.24) is 9.88 Å². The largest absolute Gasteiger partial charge is 0.355 e. The predicted octanol–water partition coefficient (Wildman–Crippen LogP) is 4.32. The van der Waals surface area contributed by atoms with Gasteiger partial charge in [-0.1, -0.05) is 25.0 Å². The smallest absolute Gasteiger partial charge is 0.253 e. The highest BCUT2D eigenvalue weighted by molar-refractivity contribution is 7.99. The number of thioether (sulfide) groups is 1. The SMILES string of the molecule is O=C(c1ccc(-c2ccc(N3CCSCC3)nc2)cc1)N1CCCCCC1. The minimum Gasteiger partial charge on any atom is -0.355 e. The summed E-state index contributed by atoms with van der Waals surface area (Å²) in [5.41, 5.74) is 2.99. The number of carbonyl (C=O) groups excluding carboxylic acids is 1. The van der Waals surface area contributed by atoms with E-state index in [2.05, 4.69) is 22.0 Å². The van der Waals surface area contributed by atoms with Gasteiger partial charge in [0.1, 0.15) is 5.82 Å². The van der Waals surface area contributed by atoms with E-state index in [0.29, 0.717) is 0 Å². The highest BCUT2D eigenvalue weighted by atomic mass is 32.2. The molecule has 0 bridgehead atoms. The van der Waals surface area contributed by atoms with Crippen molar-refractivity contribution < 1.29 is 4.79 Å². The second-order valence-electron chi connectivity index (χ2n) is 7.29. The van der Waals surface area contributed by atoms with Crippen LogP contribution in [0.5, 0.6) is 0 Å². The minimum absolute atomic E-state index is 0.167. The van der Waals surface area contributed by atoms with Gasteiger partial charge in [-0.15, -0.1) is 0 Å². The predicted molar refractivity (Wildman–Crippen MR) is 114 cm³/mol. The van der Waals surface area contributed by atoms with Crippen molar-refractivity contribution in [1.29, 1.82) is 0 Å². The Hall–Kier alpha value is -2.01. The van der Waals surface area contributed by atoms with Crippen LogP contribution in [-0.2, 0) is 0 Å². The van der Waals surface area contributed by atoms with Crippen LogP contribution in [0.4, 0.5) is 5.82 Å². The first-order chi connectivity index (χ1) is 13.3. The zero-order chi connectivity index (χ0) is 18.5. The molecular formula is C22H27N3OS. The second kappa shape index (κ2) is 8.79. The van der Waals surface area contributed by atoms with Gasteiger partial charge in [-0.25, -0.2) is 4.98 Å². The van der Waals surface area contributed by atoms with Crippen LogP contribution in [-0.4, -0.2) is 53.5 Å². The molecule has 27 heavy (non-hydrogen) atoms. The first kappa shape index (κ1) is 18.4. The molecule has 5 heteroatoms. The molecule has 2 aliphatic rings. The molecule has 0 saturated carbocycles. The van der Waals surface area contributed by atoms with Crippen LogP contribution in [0, 0.1) is 0 Å². The van der Waals surface area contributed by atoms with Gasteiger partial charge < -0.3 is 9.80 Å². The van der Waals surface area contributed by atoms with Gasteiger partial charge in [0.25, 0.3) is 5.91 Å². The number of anilines is 1. The van der Waals surface area contributed by atoms with Crippen molar-refractivity contribution in [2.45, 2.75) is 25.7 Å². The fourth-order valence-electron chi connectivity index (χ4n) is 3.80. The van der Waals surface area contributed by atoms with E-state index in [9.17, 15) is 4.79 Å². The number of pyridine rings is 1. The van der Waals surface area contributed by atoms with Crippen molar-refractivity contribution in [3.05, 3.63) is 48.2 Å². The molecule has 2 saturated heterocycles. The van der Waals surface area contributed by atoms with Gasteiger partial charge in [-0.3, -0.25) is 4.79 Å². The third kappa shape index (κ3) is 4.46. The van der Waals surface area contributed by atoms with E-state index >= 15 is 0 Å². The third-order valence-corrected chi connectivity index (χ3v) is 6.38. The molecule has 1 aromatic heterocycles. The summed E-state index contributed by atoms with van der Waals surface area (Å²) < 4.78 is 0. The number of amides is 1. The van der Waals surface area contributed by atoms with E-state index in [1.54, 1.807) is 0 Å². The average molecular weight is 382 g/mol. The van der Waals surface area contributed by atoms with Gasteiger partial charge in [0.15, 0.2) is 0 Å². The maximum atomic E-state index is 12.7. The molecule has 142 valence electrons. The Labute approximate surface area is 166 Å². The van der Waals surface area contributed by atoms with Crippen LogP contribution >= 0.6 is 11.8 Å². The molecule has 1 aromatic carbocycles. The molecule has 2 aromatic rings. The van der Waals surface area contributed by atoms with Crippen LogP contribution in [0.3, 0.4) is 0 Å². The Bertz CT molecular complexity index is 746. The summed E-state index contributed by atoms with van der Waals surface area (Å²) in [5.74, 6) is 3.58. The number of aromatic nitrogens is 1. The molecular weight excluding hydrogens is 354 g/mol. The van der Waals surface area contributed by atoms with Crippen molar-refractivity contribution in [2.24, 2.45) is 0 Å². The molecule has 0 unspecified atom stereocenters. The van der Waals surface area contributed by atoms with Gasteiger partial charge in [-0.2, -0.15) is 11.8 Å². The van der Waals surface area contributed by atoms with Crippen LogP contribution in [0.2, 0.25) is 0 Å². The van der Waals surface area contributed by atoms with Gasteiger partial charge in [0.05, 0.1) is 0 Å². The second-order valence-corrected chi connectivity index (χ2v) is 8.51. The summed E-state index contributed by atoms with van der Waals surface area (Å²) in [5, 5.41) is 0. The maximum Gasteiger partial charge on any atom is 0.253 e. The molecule has 0 radical (unpaired) electrons. The van der Waals surface area contributed by atoms with Crippen LogP contribution in [0.1, 0.15) is 36.0 Å². The Morgan fingerprint density at radius 1 is 0.815 bits per heavy atom. The lowest BCUT2D eigenvalue weighted by molar-refractivity contribution is 0.0761. The van der Waals surface area contributed by atoms with E-state index in [0.717, 1.165) is 61.5 Å². The lowest BCUT2D eigenvalue weighted by atomic mass is 10.0. The normalized spacial score (nSPS) is 18.2. The van der Waals surface area contributed by atoms with Gasteiger partial charge >= 0.3 is 0 Å². The van der Waals surface area contributed by atoms with Crippen molar-refractivity contribution in [3.8, 4) is 11.1 Å². The lowest BCUT2D eigenvalue weighted by Gasteiger charge is -2.27. The first-order valence-electron chi connectivity index (χ1n) is 10.00. The van der Waals surface area contributed by atoms with Crippen molar-refractivity contribution in [3.63, 3.8) is 0 Å². The van der Waals surface area contributed by atoms with Gasteiger partial charge in [0.2, 0.25) is 0 Å². The molecule has 0 aliphatic carbocycles. The molecule has 2 fully saturated rings. The molecule has 3 heterocycles. The van der Waals surface area contributed by atoms with E-state index in [1.165, 1.54) is 24.3 Å². The first-order valence-corrected chi connectivity index (χ1v) is 11.2. The number of carbonyl (C=O) groups is 1. The quantitative estimate of drug-likeness (QED) is 0.793. The van der Waals surface area contributed by atoms with Crippen molar-refractivity contribution >= 4 is 23.5 Å². The zero-order valence-electron chi connectivity index (χ0n) is 15.8. The molecule has 2 aliphatic heterocycles. The summed E-state index contributed by atoms with van der Waals surface area (Å²) in [6.45, 7) is 3.93. The molecule has 0 atom stereocenters. The number of hydrogen-bond acceptors (Lipinski definition) is 4. The number of benzene rings is 1. The van der Waals surface area contributed by atoms with Crippen LogP contribution in [0.25, 0.3) is 11.1 Å². The lowest BCUT2D eigenvalue weighted by Crippen LogP contribution is -2.32. The fourth-order valence-corrected chi connectivity index (χ4v) is 4.70. The maximum absolute atomic E-state index is 12.7. The molecule has 0 spiro atoms. The number of rotatable bonds is 3. The monoisotopic (exact) mass is 381 g/mol. The Morgan fingerprint density at radius 3 is 2.11 bits per heavy atom. The highest BCUT2D eigenvalue weighted by Gasteiger charge is 2.17. The van der Waals surface area contributed by atoms with E-state index in [1.807, 2.05) is 47.1 Å². The van der Waals surface area contributed by atoms with Crippen LogP contribution < -0.4 is 4.90 Å². The Balaban J connectivity index is 1.44. The Morgan fingerprint density at radius 2 is 1.48 bits per heavy atom. The minimum atomic E-state index is 0.167. The standard InChI is InChI=1S/C22H27N3OS/c26-22(25-11-3-1-2-4-12-25)19-7-5-18(6-8-19)20-9-10-21(23-17-20)24-13-15-27-16-14-24/h5-10,17H,1-4,11-16H2. The molecule has 4 nitrogen and oxygen atoms in total. The van der Waals surface area contributed by atoms with Crippen LogP contribution in [0.15, 0.2) is 42.6 Å². The van der Waals surface area contributed by atoms with E-state index in [-0.39, 0.29) is 5.91 Å². The van der Waals surface area contributed by atoms with Gasteiger partial charge in [0, 0.05) is 55.0 Å². The summed E-state index contributed by atoms with van der Waals surface area (Å²) in [7, 11) is 0. The summed E-state index contributed by atoms with van der Waals surface area (Å²) in [6.07, 6.45) is 6.67. The van der Waals surface area contributed by atoms with Gasteiger partial charge in [-0.05, 0) is 42.7 Å². The van der Waals surface area contributed by atoms with E-state index < -0.39 is 0 Å². The summed E-state index contributed by atoms with van der Waals surface area (Å²) >= 11 is 2.01. The molecule has 0 N–H and O–H groups in total. The number of likely N-dealkylation sites (tertiary alicyclic amines) is 1. The topological polar surface area (TPSA) is 36.4 Å². The number of nitrogens with zero attached hydrogens (tertiary/aromatic N) is 3. The fraction of sp³-hybridized carbons (Fsp3) is 0.455. The summed E-state index contributed by atoms with van der Waals surface area (Å²) in [4.78, 5) is 21.7. The molecule has 1 amide bonds. The highest BCUT2D eigenvalue weighted by Crippen LogP contribution is 2.23. The Kier molecular flexibility index (Phi) is 5.97.